The molecule has 1 amide bonds. The first kappa shape index (κ1) is 18.8. The van der Waals surface area contributed by atoms with Crippen LogP contribution in [-0.4, -0.2) is 47.9 Å². The number of rotatable bonds is 7. The molecule has 0 N–H and O–H groups in total. The van der Waals surface area contributed by atoms with E-state index in [0.717, 1.165) is 6.42 Å². The van der Waals surface area contributed by atoms with Crippen LogP contribution in [-0.2, 0) is 17.7 Å². The lowest BCUT2D eigenvalue weighted by molar-refractivity contribution is 0.0787. The van der Waals surface area contributed by atoms with Crippen LogP contribution >= 0.6 is 0 Å². The second-order valence-electron chi connectivity index (χ2n) is 6.39. The molecule has 0 atom stereocenters. The third-order valence-corrected chi connectivity index (χ3v) is 4.54. The zero-order chi connectivity index (χ0) is 19.2. The number of methoxy groups -OCH3 is 1. The summed E-state index contributed by atoms with van der Waals surface area (Å²) in [6, 6.07) is 17.3. The minimum atomic E-state index is -0.248. The Labute approximate surface area is 158 Å². The minimum Gasteiger partial charge on any atom is -0.383 e. The quantitative estimate of drug-likeness (QED) is 0.645. The monoisotopic (exact) mass is 365 g/mol. The molecule has 0 saturated heterocycles. The number of aromatic nitrogens is 2. The fourth-order valence-corrected chi connectivity index (χ4v) is 3.00. The maximum absolute atomic E-state index is 12.7. The Morgan fingerprint density at radius 3 is 2.70 bits per heavy atom. The highest BCUT2D eigenvalue weighted by atomic mass is 16.5. The number of carbonyl (C=O) groups is 1. The van der Waals surface area contributed by atoms with Crippen LogP contribution in [0.2, 0.25) is 0 Å². The summed E-state index contributed by atoms with van der Waals surface area (Å²) in [6.07, 6.45) is 0.743. The molecule has 0 spiro atoms. The number of nitrogens with zero attached hydrogens (tertiary/aromatic N) is 3. The minimum absolute atomic E-state index is 0.207. The summed E-state index contributed by atoms with van der Waals surface area (Å²) in [4.78, 5) is 26.1. The molecule has 140 valence electrons. The standard InChI is InChI=1S/C21H23N3O3/c1-23(13-12-17-8-5-7-16-6-3-4-9-18(16)17)21(26)19-10-11-20(25)24(22-19)14-15-27-2/h3-11H,12-15H2,1-2H3. The van der Waals surface area contributed by atoms with Crippen LogP contribution in [0.15, 0.2) is 59.4 Å². The predicted molar refractivity (Wildman–Crippen MR) is 105 cm³/mol. The van der Waals surface area contributed by atoms with Gasteiger partial charge in [-0.15, -0.1) is 0 Å². The molecule has 0 fully saturated rings. The normalized spacial score (nSPS) is 10.9. The highest BCUT2D eigenvalue weighted by molar-refractivity contribution is 5.92. The summed E-state index contributed by atoms with van der Waals surface area (Å²) in [5.41, 5.74) is 1.21. The average Bonchev–Trinajstić information content (AvgIpc) is 2.70. The van der Waals surface area contributed by atoms with Gasteiger partial charge >= 0.3 is 0 Å². The number of likely N-dealkylation sites (N-methyl/N-ethyl adjacent to an activating group) is 1. The van der Waals surface area contributed by atoms with E-state index in [1.54, 1.807) is 19.1 Å². The van der Waals surface area contributed by atoms with Crippen molar-refractivity contribution in [2.75, 3.05) is 27.3 Å². The average molecular weight is 365 g/mol. The second-order valence-corrected chi connectivity index (χ2v) is 6.39. The van der Waals surface area contributed by atoms with Crippen molar-refractivity contribution in [3.05, 3.63) is 76.2 Å². The molecule has 0 saturated carbocycles. The lowest BCUT2D eigenvalue weighted by atomic mass is 10.0. The Morgan fingerprint density at radius 1 is 1.11 bits per heavy atom. The van der Waals surface area contributed by atoms with Gasteiger partial charge in [-0.1, -0.05) is 42.5 Å². The van der Waals surface area contributed by atoms with Gasteiger partial charge in [0.1, 0.15) is 5.69 Å². The van der Waals surface area contributed by atoms with E-state index < -0.39 is 0 Å². The van der Waals surface area contributed by atoms with Gasteiger partial charge in [0.2, 0.25) is 0 Å². The van der Waals surface area contributed by atoms with Crippen LogP contribution in [0.3, 0.4) is 0 Å². The maximum atomic E-state index is 12.7. The Bertz CT molecular complexity index is 992. The number of benzene rings is 2. The third kappa shape index (κ3) is 4.41. The molecule has 1 aromatic heterocycles. The van der Waals surface area contributed by atoms with Crippen LogP contribution in [0.1, 0.15) is 16.1 Å². The molecule has 2 aromatic carbocycles. The molecular weight excluding hydrogens is 342 g/mol. The molecule has 1 heterocycles. The fraction of sp³-hybridized carbons (Fsp3) is 0.286. The first-order valence-corrected chi connectivity index (χ1v) is 8.89. The van der Waals surface area contributed by atoms with Gasteiger partial charge in [-0.05, 0) is 28.8 Å². The van der Waals surface area contributed by atoms with Gasteiger partial charge in [-0.3, -0.25) is 9.59 Å². The predicted octanol–water partition coefficient (Wildman–Crippen LogP) is 2.36. The molecule has 0 aliphatic rings. The molecule has 0 radical (unpaired) electrons. The number of hydrogen-bond donors (Lipinski definition) is 0. The highest BCUT2D eigenvalue weighted by Gasteiger charge is 2.15. The zero-order valence-corrected chi connectivity index (χ0v) is 15.6. The summed E-state index contributed by atoms with van der Waals surface area (Å²) in [6.45, 7) is 1.24. The Balaban J connectivity index is 1.71. The molecule has 0 bridgehead atoms. The van der Waals surface area contributed by atoms with E-state index in [4.69, 9.17) is 4.74 Å². The van der Waals surface area contributed by atoms with Gasteiger partial charge in [0.05, 0.1) is 13.2 Å². The van der Waals surface area contributed by atoms with E-state index in [9.17, 15) is 9.59 Å². The number of fused-ring (bicyclic) bond motifs is 1. The van der Waals surface area contributed by atoms with Crippen molar-refractivity contribution in [1.82, 2.24) is 14.7 Å². The van der Waals surface area contributed by atoms with Gasteiger partial charge in [-0.25, -0.2) is 4.68 Å². The number of carbonyl (C=O) groups excluding carboxylic acids is 1. The molecule has 6 nitrogen and oxygen atoms in total. The number of ether oxygens (including phenoxy) is 1. The van der Waals surface area contributed by atoms with Crippen molar-refractivity contribution in [1.29, 1.82) is 0 Å². The molecule has 0 aliphatic carbocycles. The summed E-state index contributed by atoms with van der Waals surface area (Å²) in [5.74, 6) is -0.207. The van der Waals surface area contributed by atoms with Gasteiger partial charge < -0.3 is 9.64 Å². The van der Waals surface area contributed by atoms with E-state index >= 15 is 0 Å². The van der Waals surface area contributed by atoms with Crippen molar-refractivity contribution >= 4 is 16.7 Å². The van der Waals surface area contributed by atoms with Crippen molar-refractivity contribution in [2.24, 2.45) is 0 Å². The second kappa shape index (κ2) is 8.60. The first-order chi connectivity index (χ1) is 13.1. The fourth-order valence-electron chi connectivity index (χ4n) is 3.00. The highest BCUT2D eigenvalue weighted by Crippen LogP contribution is 2.19. The molecule has 3 aromatic rings. The lowest BCUT2D eigenvalue weighted by Gasteiger charge is -2.18. The van der Waals surface area contributed by atoms with E-state index in [1.165, 1.54) is 33.2 Å². The summed E-state index contributed by atoms with van der Waals surface area (Å²) in [7, 11) is 3.31. The third-order valence-electron chi connectivity index (χ3n) is 4.54. The topological polar surface area (TPSA) is 64.4 Å². The molecule has 0 aliphatic heterocycles. The van der Waals surface area contributed by atoms with Crippen LogP contribution in [0.25, 0.3) is 10.8 Å². The van der Waals surface area contributed by atoms with Crippen LogP contribution in [0.5, 0.6) is 0 Å². The maximum Gasteiger partial charge on any atom is 0.274 e. The molecular formula is C21H23N3O3. The van der Waals surface area contributed by atoms with Crippen molar-refractivity contribution < 1.29 is 9.53 Å². The zero-order valence-electron chi connectivity index (χ0n) is 15.6. The summed E-state index contributed by atoms with van der Waals surface area (Å²) < 4.78 is 6.24. The van der Waals surface area contributed by atoms with E-state index in [0.29, 0.717) is 19.7 Å². The van der Waals surface area contributed by atoms with Crippen molar-refractivity contribution in [3.8, 4) is 0 Å². The van der Waals surface area contributed by atoms with E-state index in [-0.39, 0.29) is 17.2 Å². The first-order valence-electron chi connectivity index (χ1n) is 8.89. The smallest absolute Gasteiger partial charge is 0.274 e. The van der Waals surface area contributed by atoms with Gasteiger partial charge in [0.15, 0.2) is 0 Å². The summed E-state index contributed by atoms with van der Waals surface area (Å²) in [5, 5.41) is 6.56. The number of amides is 1. The SMILES string of the molecule is COCCn1nc(C(=O)N(C)CCc2cccc3ccccc23)ccc1=O. The van der Waals surface area contributed by atoms with E-state index in [2.05, 4.69) is 29.4 Å². The van der Waals surface area contributed by atoms with E-state index in [1.807, 2.05) is 18.2 Å². The van der Waals surface area contributed by atoms with Crippen LogP contribution in [0, 0.1) is 0 Å². The van der Waals surface area contributed by atoms with Gasteiger partial charge in [0, 0.05) is 26.8 Å². The lowest BCUT2D eigenvalue weighted by Crippen LogP contribution is -2.33. The van der Waals surface area contributed by atoms with Crippen LogP contribution in [0.4, 0.5) is 0 Å². The Kier molecular flexibility index (Phi) is 5.98. The summed E-state index contributed by atoms with van der Waals surface area (Å²) >= 11 is 0. The molecule has 0 unspecified atom stereocenters. The Morgan fingerprint density at radius 2 is 1.89 bits per heavy atom. The van der Waals surface area contributed by atoms with Crippen molar-refractivity contribution in [2.45, 2.75) is 13.0 Å². The molecule has 3 rings (SSSR count). The van der Waals surface area contributed by atoms with Crippen LogP contribution < -0.4 is 5.56 Å². The molecule has 27 heavy (non-hydrogen) atoms. The van der Waals surface area contributed by atoms with Gasteiger partial charge in [0.25, 0.3) is 11.5 Å². The largest absolute Gasteiger partial charge is 0.383 e. The van der Waals surface area contributed by atoms with Crippen molar-refractivity contribution in [3.63, 3.8) is 0 Å². The number of hydrogen-bond acceptors (Lipinski definition) is 4. The molecule has 6 heteroatoms. The van der Waals surface area contributed by atoms with Gasteiger partial charge in [-0.2, -0.15) is 5.10 Å². The Hall–Kier alpha value is -2.99.